The molecule has 0 fully saturated rings. The zero-order chi connectivity index (χ0) is 13.1. The topological polar surface area (TPSA) is 35.5 Å². The first-order valence-corrected chi connectivity index (χ1v) is 6.24. The molecule has 3 nitrogen and oxygen atoms in total. The van der Waals surface area contributed by atoms with E-state index < -0.39 is 5.82 Å². The fraction of sp³-hybridized carbons (Fsp3) is 0.462. The Kier molecular flexibility index (Phi) is 4.07. The molecule has 1 atom stereocenters. The minimum absolute atomic E-state index is 0.0675. The number of benzene rings is 1. The van der Waals surface area contributed by atoms with Crippen LogP contribution in [0.25, 0.3) is 0 Å². The van der Waals surface area contributed by atoms with Crippen LogP contribution in [0.5, 0.6) is 11.5 Å². The molecule has 0 saturated heterocycles. The zero-order valence-electron chi connectivity index (χ0n) is 10.0. The maximum atomic E-state index is 14.1. The van der Waals surface area contributed by atoms with Gasteiger partial charge in [0.05, 0.1) is 13.2 Å². The van der Waals surface area contributed by atoms with Crippen LogP contribution in [0, 0.1) is 5.82 Å². The zero-order valence-corrected chi connectivity index (χ0v) is 10.8. The van der Waals surface area contributed by atoms with Crippen molar-refractivity contribution in [3.05, 3.63) is 22.5 Å². The molecule has 1 heterocycles. The van der Waals surface area contributed by atoms with Crippen molar-refractivity contribution in [2.24, 2.45) is 0 Å². The van der Waals surface area contributed by atoms with E-state index in [0.29, 0.717) is 24.5 Å². The van der Waals surface area contributed by atoms with E-state index in [1.54, 1.807) is 13.0 Å². The molecule has 0 spiro atoms. The number of halogens is 2. The molecular formula is C13H14ClFO3. The van der Waals surface area contributed by atoms with E-state index in [2.05, 4.69) is 0 Å². The Morgan fingerprint density at radius 2 is 2.22 bits per heavy atom. The number of hydrogen-bond acceptors (Lipinski definition) is 3. The summed E-state index contributed by atoms with van der Waals surface area (Å²) in [5.41, 5.74) is 0.386. The summed E-state index contributed by atoms with van der Waals surface area (Å²) in [4.78, 5) is 10.5. The van der Waals surface area contributed by atoms with Gasteiger partial charge in [0.1, 0.15) is 17.1 Å². The molecule has 98 valence electrons. The summed E-state index contributed by atoms with van der Waals surface area (Å²) >= 11 is 5.96. The van der Waals surface area contributed by atoms with Gasteiger partial charge in [-0.05, 0) is 17.5 Å². The third-order valence-electron chi connectivity index (χ3n) is 2.93. The van der Waals surface area contributed by atoms with Crippen LogP contribution in [-0.4, -0.2) is 19.5 Å². The lowest BCUT2D eigenvalue weighted by molar-refractivity contribution is -0.108. The van der Waals surface area contributed by atoms with Crippen molar-refractivity contribution in [1.29, 1.82) is 0 Å². The molecule has 0 bridgehead atoms. The minimum atomic E-state index is -0.532. The van der Waals surface area contributed by atoms with Crippen molar-refractivity contribution in [2.45, 2.75) is 25.7 Å². The monoisotopic (exact) mass is 272 g/mol. The quantitative estimate of drug-likeness (QED) is 0.792. The lowest BCUT2D eigenvalue weighted by atomic mass is 9.97. The molecule has 18 heavy (non-hydrogen) atoms. The maximum Gasteiger partial charge on any atom is 0.182 e. The highest BCUT2D eigenvalue weighted by molar-refractivity contribution is 6.32. The van der Waals surface area contributed by atoms with Gasteiger partial charge in [0.25, 0.3) is 0 Å². The Bertz CT molecular complexity index is 462. The number of carbonyl (C=O) groups excluding carboxylic acids is 1. The summed E-state index contributed by atoms with van der Waals surface area (Å²) in [5, 5.41) is -0.0675. The minimum Gasteiger partial charge on any atom is -0.489 e. The fourth-order valence-electron chi connectivity index (χ4n) is 1.89. The van der Waals surface area contributed by atoms with E-state index in [1.807, 2.05) is 0 Å². The molecule has 1 aromatic carbocycles. The molecule has 1 aromatic rings. The van der Waals surface area contributed by atoms with Crippen molar-refractivity contribution in [3.63, 3.8) is 0 Å². The third kappa shape index (κ3) is 2.43. The molecular weight excluding hydrogens is 259 g/mol. The molecule has 0 radical (unpaired) electrons. The Labute approximate surface area is 110 Å². The van der Waals surface area contributed by atoms with E-state index in [-0.39, 0.29) is 23.1 Å². The van der Waals surface area contributed by atoms with Gasteiger partial charge in [-0.1, -0.05) is 18.5 Å². The molecule has 2 rings (SSSR count). The van der Waals surface area contributed by atoms with Gasteiger partial charge in [0.15, 0.2) is 11.5 Å². The van der Waals surface area contributed by atoms with Gasteiger partial charge in [0.2, 0.25) is 0 Å². The SMILES string of the molecule is CC(CC=O)c1cc2c(c(Cl)c1F)OCCCO2. The van der Waals surface area contributed by atoms with Gasteiger partial charge >= 0.3 is 0 Å². The first-order chi connectivity index (χ1) is 8.65. The number of aldehydes is 1. The Balaban J connectivity index is 2.46. The lowest BCUT2D eigenvalue weighted by Gasteiger charge is -2.16. The van der Waals surface area contributed by atoms with Gasteiger partial charge < -0.3 is 14.3 Å². The van der Waals surface area contributed by atoms with E-state index in [1.165, 1.54) is 0 Å². The second kappa shape index (κ2) is 5.57. The molecule has 1 aliphatic heterocycles. The fourth-order valence-corrected chi connectivity index (χ4v) is 2.15. The number of hydrogen-bond donors (Lipinski definition) is 0. The normalized spacial score (nSPS) is 15.9. The van der Waals surface area contributed by atoms with Crippen LogP contribution >= 0.6 is 11.6 Å². The predicted octanol–water partition coefficient (Wildman–Crippen LogP) is 3.33. The molecule has 0 amide bonds. The smallest absolute Gasteiger partial charge is 0.182 e. The van der Waals surface area contributed by atoms with Crippen LogP contribution in [0.15, 0.2) is 6.07 Å². The van der Waals surface area contributed by atoms with Crippen LogP contribution in [0.4, 0.5) is 4.39 Å². The summed E-state index contributed by atoms with van der Waals surface area (Å²) in [6, 6.07) is 1.58. The van der Waals surface area contributed by atoms with Crippen LogP contribution in [0.1, 0.15) is 31.2 Å². The lowest BCUT2D eigenvalue weighted by Crippen LogP contribution is -2.02. The van der Waals surface area contributed by atoms with Crippen molar-refractivity contribution in [3.8, 4) is 11.5 Å². The average molecular weight is 273 g/mol. The summed E-state index contributed by atoms with van der Waals surface area (Å²) in [6.45, 7) is 2.74. The largest absolute Gasteiger partial charge is 0.489 e. The van der Waals surface area contributed by atoms with Crippen LogP contribution in [0.3, 0.4) is 0 Å². The highest BCUT2D eigenvalue weighted by Crippen LogP contribution is 2.42. The summed E-state index contributed by atoms with van der Waals surface area (Å²) in [7, 11) is 0. The highest BCUT2D eigenvalue weighted by atomic mass is 35.5. The highest BCUT2D eigenvalue weighted by Gasteiger charge is 2.23. The Morgan fingerprint density at radius 1 is 1.50 bits per heavy atom. The van der Waals surface area contributed by atoms with Crippen molar-refractivity contribution in [1.82, 2.24) is 0 Å². The van der Waals surface area contributed by atoms with Crippen LogP contribution in [0.2, 0.25) is 5.02 Å². The van der Waals surface area contributed by atoms with Crippen molar-refractivity contribution < 1.29 is 18.7 Å². The summed E-state index contributed by atoms with van der Waals surface area (Å²) in [5.74, 6) is -0.0622. The van der Waals surface area contributed by atoms with Gasteiger partial charge in [0, 0.05) is 12.8 Å². The van der Waals surface area contributed by atoms with Gasteiger partial charge in [-0.3, -0.25) is 0 Å². The Morgan fingerprint density at radius 3 is 2.94 bits per heavy atom. The van der Waals surface area contributed by atoms with E-state index in [0.717, 1.165) is 12.7 Å². The van der Waals surface area contributed by atoms with Gasteiger partial charge in [-0.15, -0.1) is 0 Å². The van der Waals surface area contributed by atoms with Gasteiger partial charge in [-0.25, -0.2) is 4.39 Å². The molecule has 1 unspecified atom stereocenters. The first kappa shape index (κ1) is 13.1. The number of carbonyl (C=O) groups is 1. The second-order valence-corrected chi connectivity index (χ2v) is 4.65. The molecule has 0 N–H and O–H groups in total. The molecule has 0 saturated carbocycles. The molecule has 1 aliphatic rings. The van der Waals surface area contributed by atoms with Crippen LogP contribution < -0.4 is 9.47 Å². The third-order valence-corrected chi connectivity index (χ3v) is 3.27. The number of ether oxygens (including phenoxy) is 2. The van der Waals surface area contributed by atoms with E-state index in [9.17, 15) is 9.18 Å². The van der Waals surface area contributed by atoms with E-state index >= 15 is 0 Å². The van der Waals surface area contributed by atoms with E-state index in [4.69, 9.17) is 21.1 Å². The standard InChI is InChI=1S/C13H14ClFO3/c1-8(3-4-16)9-7-10-13(11(14)12(9)15)18-6-2-5-17-10/h4,7-8H,2-3,5-6H2,1H3. The van der Waals surface area contributed by atoms with Crippen molar-refractivity contribution >= 4 is 17.9 Å². The maximum absolute atomic E-state index is 14.1. The summed E-state index contributed by atoms with van der Waals surface area (Å²) < 4.78 is 25.0. The predicted molar refractivity (Wildman–Crippen MR) is 66.1 cm³/mol. The molecule has 0 aromatic heterocycles. The van der Waals surface area contributed by atoms with Gasteiger partial charge in [-0.2, -0.15) is 0 Å². The number of rotatable bonds is 3. The second-order valence-electron chi connectivity index (χ2n) is 4.27. The van der Waals surface area contributed by atoms with Crippen molar-refractivity contribution in [2.75, 3.05) is 13.2 Å². The summed E-state index contributed by atoms with van der Waals surface area (Å²) in [6.07, 6.45) is 1.74. The van der Waals surface area contributed by atoms with Crippen LogP contribution in [-0.2, 0) is 4.79 Å². The molecule has 0 aliphatic carbocycles. The Hall–Kier alpha value is -1.29. The molecule has 5 heteroatoms. The first-order valence-electron chi connectivity index (χ1n) is 5.86. The number of fused-ring (bicyclic) bond motifs is 1. The average Bonchev–Trinajstić information content (AvgIpc) is 2.59.